The molecule has 1 amide bonds. The molecular formula is C50H45ClN2O6S. The number of carbonyl (C=O) groups is 2. The van der Waals surface area contributed by atoms with Crippen molar-refractivity contribution in [3.8, 4) is 5.75 Å². The topological polar surface area (TPSA) is 93.2 Å². The van der Waals surface area contributed by atoms with Crippen molar-refractivity contribution in [1.29, 1.82) is 0 Å². The first-order chi connectivity index (χ1) is 28.9. The van der Waals surface area contributed by atoms with Crippen molar-refractivity contribution in [2.45, 2.75) is 52.0 Å². The number of rotatable bonds is 15. The van der Waals surface area contributed by atoms with Crippen LogP contribution in [-0.4, -0.2) is 31.1 Å². The molecular weight excluding hydrogens is 792 g/mol. The quantitative estimate of drug-likeness (QED) is 0.0955. The van der Waals surface area contributed by atoms with Gasteiger partial charge in [0.25, 0.3) is 0 Å². The van der Waals surface area contributed by atoms with E-state index in [1.165, 1.54) is 9.21 Å². The molecule has 10 heteroatoms. The molecule has 0 saturated carbocycles. The zero-order chi connectivity index (χ0) is 42.2. The maximum Gasteiger partial charge on any atom is 0.342 e. The molecule has 0 spiro atoms. The molecule has 0 radical (unpaired) electrons. The minimum Gasteiger partial charge on any atom is -0.488 e. The van der Waals surface area contributed by atoms with Crippen LogP contribution >= 0.6 is 11.6 Å². The lowest BCUT2D eigenvalue weighted by atomic mass is 10.1. The summed E-state index contributed by atoms with van der Waals surface area (Å²) >= 11 is 6.21. The molecule has 0 aliphatic heterocycles. The number of benzene rings is 7. The highest BCUT2D eigenvalue weighted by Crippen LogP contribution is 2.32. The smallest absolute Gasteiger partial charge is 0.342 e. The number of hydrogen-bond donors (Lipinski definition) is 0. The third kappa shape index (κ3) is 10.1. The van der Waals surface area contributed by atoms with Gasteiger partial charge in [-0.1, -0.05) is 138 Å². The number of anilines is 1. The minimum absolute atomic E-state index is 0.0595. The molecule has 0 aliphatic rings. The highest BCUT2D eigenvalue weighted by atomic mass is 35.5. The van der Waals surface area contributed by atoms with Crippen molar-refractivity contribution >= 4 is 50.0 Å². The van der Waals surface area contributed by atoms with E-state index in [-0.39, 0.29) is 42.5 Å². The summed E-state index contributed by atoms with van der Waals surface area (Å²) in [6, 6.07) is 48.3. The number of sulfonamides is 1. The van der Waals surface area contributed by atoms with E-state index >= 15 is 4.79 Å². The molecule has 0 aromatic heterocycles. The van der Waals surface area contributed by atoms with Gasteiger partial charge in [-0.25, -0.2) is 13.2 Å². The van der Waals surface area contributed by atoms with Gasteiger partial charge in [-0.15, -0.1) is 0 Å². The number of halogens is 1. The fourth-order valence-electron chi connectivity index (χ4n) is 7.30. The number of esters is 1. The second-order valence-electron chi connectivity index (χ2n) is 14.8. The summed E-state index contributed by atoms with van der Waals surface area (Å²) in [6.45, 7) is 5.17. The van der Waals surface area contributed by atoms with Gasteiger partial charge in [0.2, 0.25) is 15.9 Å². The van der Waals surface area contributed by atoms with Crippen LogP contribution in [0.1, 0.15) is 49.3 Å². The molecule has 7 rings (SSSR count). The van der Waals surface area contributed by atoms with Crippen LogP contribution in [0.15, 0.2) is 163 Å². The zero-order valence-electron chi connectivity index (χ0n) is 33.7. The van der Waals surface area contributed by atoms with Crippen molar-refractivity contribution < 1.29 is 27.5 Å². The molecule has 7 aromatic rings. The number of fused-ring (bicyclic) bond motifs is 1. The number of carbonyl (C=O) groups excluding carboxylic acids is 2. The van der Waals surface area contributed by atoms with Crippen LogP contribution in [0.4, 0.5) is 5.69 Å². The third-order valence-corrected chi connectivity index (χ3v) is 12.5. The Morgan fingerprint density at radius 1 is 0.600 bits per heavy atom. The zero-order valence-corrected chi connectivity index (χ0v) is 35.2. The minimum atomic E-state index is -4.23. The monoisotopic (exact) mass is 836 g/mol. The summed E-state index contributed by atoms with van der Waals surface area (Å²) in [6.07, 6.45) is 0. The number of ether oxygens (including phenoxy) is 2. The van der Waals surface area contributed by atoms with Gasteiger partial charge in [0.05, 0.1) is 18.0 Å². The van der Waals surface area contributed by atoms with Gasteiger partial charge in [-0.05, 0) is 95.3 Å². The van der Waals surface area contributed by atoms with E-state index in [1.807, 2.05) is 122 Å². The van der Waals surface area contributed by atoms with Crippen LogP contribution in [0, 0.1) is 20.8 Å². The normalized spacial score (nSPS) is 11.4. The number of aryl methyl sites for hydroxylation is 3. The van der Waals surface area contributed by atoms with Crippen molar-refractivity contribution in [3.63, 3.8) is 0 Å². The lowest BCUT2D eigenvalue weighted by molar-refractivity contribution is -0.119. The predicted molar refractivity (Wildman–Crippen MR) is 238 cm³/mol. The second kappa shape index (κ2) is 18.8. The van der Waals surface area contributed by atoms with Crippen molar-refractivity contribution in [3.05, 3.63) is 207 Å². The largest absolute Gasteiger partial charge is 0.488 e. The standard InChI is InChI=1S/C50H45ClN2O6S/c1-35-26-36(2)49(37(3)27-35)60(56,57)52(30-38-19-22-44(51)23-20-38)32-48(54)53(31-41-18-21-42-16-10-11-17-43(42)28-41)45-24-25-46(50(55)59-34-40-14-8-5-9-15-40)47(29-45)58-33-39-12-6-4-7-13-39/h4-29H,30-34H2,1-3H3. The molecule has 0 heterocycles. The molecule has 304 valence electrons. The molecule has 0 atom stereocenters. The highest BCUT2D eigenvalue weighted by Gasteiger charge is 2.32. The average Bonchev–Trinajstić information content (AvgIpc) is 3.24. The van der Waals surface area contributed by atoms with Crippen LogP contribution in [0.2, 0.25) is 5.02 Å². The van der Waals surface area contributed by atoms with Crippen molar-refractivity contribution in [2.75, 3.05) is 11.4 Å². The Balaban J connectivity index is 1.29. The lowest BCUT2D eigenvalue weighted by Gasteiger charge is -2.29. The lowest BCUT2D eigenvalue weighted by Crippen LogP contribution is -2.43. The van der Waals surface area contributed by atoms with Gasteiger partial charge < -0.3 is 14.4 Å². The van der Waals surface area contributed by atoms with E-state index in [4.69, 9.17) is 21.1 Å². The fraction of sp³-hybridized carbons (Fsp3) is 0.160. The van der Waals surface area contributed by atoms with E-state index in [1.54, 1.807) is 56.3 Å². The molecule has 0 bridgehead atoms. The van der Waals surface area contributed by atoms with Gasteiger partial charge in [0, 0.05) is 23.3 Å². The summed E-state index contributed by atoms with van der Waals surface area (Å²) < 4.78 is 42.8. The van der Waals surface area contributed by atoms with Gasteiger partial charge in [-0.2, -0.15) is 4.31 Å². The summed E-state index contributed by atoms with van der Waals surface area (Å²) in [5.74, 6) is -0.872. The maximum atomic E-state index is 15.0. The van der Waals surface area contributed by atoms with E-state index in [0.29, 0.717) is 27.4 Å². The maximum absolute atomic E-state index is 15.0. The molecule has 0 saturated heterocycles. The predicted octanol–water partition coefficient (Wildman–Crippen LogP) is 10.8. The van der Waals surface area contributed by atoms with Crippen LogP contribution in [0.5, 0.6) is 5.75 Å². The van der Waals surface area contributed by atoms with Crippen LogP contribution < -0.4 is 9.64 Å². The first-order valence-electron chi connectivity index (χ1n) is 19.6. The molecule has 0 aliphatic carbocycles. The van der Waals surface area contributed by atoms with Gasteiger partial charge >= 0.3 is 5.97 Å². The van der Waals surface area contributed by atoms with E-state index in [2.05, 4.69) is 0 Å². The molecule has 0 fully saturated rings. The Bertz CT molecular complexity index is 2720. The summed E-state index contributed by atoms with van der Waals surface area (Å²) in [4.78, 5) is 30.4. The van der Waals surface area contributed by atoms with Crippen molar-refractivity contribution in [1.82, 2.24) is 4.31 Å². The molecule has 0 unspecified atom stereocenters. The van der Waals surface area contributed by atoms with E-state index in [0.717, 1.165) is 33.0 Å². The van der Waals surface area contributed by atoms with Crippen LogP contribution in [0.3, 0.4) is 0 Å². The summed E-state index contributed by atoms with van der Waals surface area (Å²) in [5, 5.41) is 2.54. The SMILES string of the molecule is Cc1cc(C)c(S(=O)(=O)N(CC(=O)N(Cc2ccc3ccccc3c2)c2ccc(C(=O)OCc3ccccc3)c(OCc3ccccc3)c2)Cc2ccc(Cl)cc2)c(C)c1. The Morgan fingerprint density at radius 3 is 1.87 bits per heavy atom. The van der Waals surface area contributed by atoms with Gasteiger partial charge in [0.15, 0.2) is 0 Å². The molecule has 7 aromatic carbocycles. The van der Waals surface area contributed by atoms with Crippen molar-refractivity contribution in [2.24, 2.45) is 0 Å². The van der Waals surface area contributed by atoms with E-state index < -0.39 is 28.4 Å². The van der Waals surface area contributed by atoms with Crippen LogP contribution in [0.25, 0.3) is 10.8 Å². The molecule has 0 N–H and O–H groups in total. The number of amides is 1. The molecule has 60 heavy (non-hydrogen) atoms. The summed E-state index contributed by atoms with van der Waals surface area (Å²) in [5.41, 5.74) is 5.88. The fourth-order valence-corrected chi connectivity index (χ4v) is 9.22. The van der Waals surface area contributed by atoms with Gasteiger partial charge in [-0.3, -0.25) is 4.79 Å². The Morgan fingerprint density at radius 2 is 1.20 bits per heavy atom. The summed E-state index contributed by atoms with van der Waals surface area (Å²) in [7, 11) is -4.23. The second-order valence-corrected chi connectivity index (χ2v) is 17.1. The Hall–Kier alpha value is -6.26. The Kier molecular flexibility index (Phi) is 13.1. The highest BCUT2D eigenvalue weighted by molar-refractivity contribution is 7.89. The number of hydrogen-bond acceptors (Lipinski definition) is 6. The van der Waals surface area contributed by atoms with Crippen LogP contribution in [-0.2, 0) is 45.9 Å². The third-order valence-electron chi connectivity index (χ3n) is 10.2. The first kappa shape index (κ1) is 41.9. The molecule has 8 nitrogen and oxygen atoms in total. The first-order valence-corrected chi connectivity index (χ1v) is 21.4. The van der Waals surface area contributed by atoms with E-state index in [9.17, 15) is 13.2 Å². The number of nitrogens with zero attached hydrogens (tertiary/aromatic N) is 2. The average molecular weight is 837 g/mol. The Labute approximate surface area is 356 Å². The van der Waals surface area contributed by atoms with Gasteiger partial charge in [0.1, 0.15) is 24.5 Å².